The van der Waals surface area contributed by atoms with Gasteiger partial charge in [-0.1, -0.05) is 25.1 Å². The van der Waals surface area contributed by atoms with Crippen molar-refractivity contribution in [2.45, 2.75) is 26.3 Å². The Labute approximate surface area is 106 Å². The highest BCUT2D eigenvalue weighted by atomic mass is 19.1. The minimum Gasteiger partial charge on any atom is -0.478 e. The molecule has 0 unspecified atom stereocenters. The van der Waals surface area contributed by atoms with Crippen LogP contribution in [-0.4, -0.2) is 17.6 Å². The quantitative estimate of drug-likeness (QED) is 0.764. The van der Waals surface area contributed by atoms with Crippen LogP contribution in [-0.2, 0) is 4.79 Å². The van der Waals surface area contributed by atoms with Crippen LogP contribution in [0.1, 0.15) is 31.9 Å². The van der Waals surface area contributed by atoms with Crippen LogP contribution in [0.3, 0.4) is 0 Å². The van der Waals surface area contributed by atoms with E-state index in [-0.39, 0.29) is 11.9 Å². The molecule has 0 aliphatic carbocycles. The van der Waals surface area contributed by atoms with Gasteiger partial charge < -0.3 is 10.4 Å². The molecule has 3 nitrogen and oxygen atoms in total. The van der Waals surface area contributed by atoms with Gasteiger partial charge in [0.25, 0.3) is 0 Å². The van der Waals surface area contributed by atoms with Crippen LogP contribution in [0.15, 0.2) is 35.9 Å². The zero-order chi connectivity index (χ0) is 13.5. The highest BCUT2D eigenvalue weighted by molar-refractivity contribution is 5.86. The third kappa shape index (κ3) is 4.30. The molecular weight excluding hydrogens is 233 g/mol. The lowest BCUT2D eigenvalue weighted by Crippen LogP contribution is -2.19. The Morgan fingerprint density at radius 3 is 2.56 bits per heavy atom. The predicted molar refractivity (Wildman–Crippen MR) is 68.8 cm³/mol. The maximum Gasteiger partial charge on any atom is 0.331 e. The van der Waals surface area contributed by atoms with Gasteiger partial charge in [-0.2, -0.15) is 0 Å². The number of benzene rings is 1. The van der Waals surface area contributed by atoms with Crippen molar-refractivity contribution >= 4 is 5.97 Å². The second kappa shape index (κ2) is 6.91. The molecule has 0 aromatic heterocycles. The first-order valence-corrected chi connectivity index (χ1v) is 5.95. The lowest BCUT2D eigenvalue weighted by molar-refractivity contribution is -0.132. The van der Waals surface area contributed by atoms with Crippen LogP contribution in [0.25, 0.3) is 0 Å². The average Bonchev–Trinajstić information content (AvgIpc) is 2.34. The van der Waals surface area contributed by atoms with Crippen LogP contribution in [0.4, 0.5) is 4.39 Å². The monoisotopic (exact) mass is 251 g/mol. The molecule has 2 N–H and O–H groups in total. The molecule has 0 saturated carbocycles. The summed E-state index contributed by atoms with van der Waals surface area (Å²) in [7, 11) is 0. The van der Waals surface area contributed by atoms with E-state index in [0.717, 1.165) is 5.56 Å². The molecule has 0 amide bonds. The third-order valence-corrected chi connectivity index (χ3v) is 2.80. The van der Waals surface area contributed by atoms with Gasteiger partial charge in [-0.3, -0.25) is 0 Å². The number of carboxylic acids is 1. The van der Waals surface area contributed by atoms with E-state index in [2.05, 4.69) is 5.32 Å². The summed E-state index contributed by atoms with van der Waals surface area (Å²) in [6, 6.07) is 6.31. The maximum absolute atomic E-state index is 12.7. The number of carbonyl (C=O) groups is 1. The summed E-state index contributed by atoms with van der Waals surface area (Å²) in [5.74, 6) is -1.14. The van der Waals surface area contributed by atoms with Gasteiger partial charge in [0.2, 0.25) is 0 Å². The molecule has 0 fully saturated rings. The predicted octanol–water partition coefficient (Wildman–Crippen LogP) is 2.90. The van der Waals surface area contributed by atoms with E-state index < -0.39 is 5.97 Å². The molecule has 0 radical (unpaired) electrons. The zero-order valence-electron chi connectivity index (χ0n) is 10.6. The lowest BCUT2D eigenvalue weighted by Gasteiger charge is -2.13. The largest absolute Gasteiger partial charge is 0.478 e. The SMILES string of the molecule is CC/C(=C/CN[C@@H](C)c1ccc(F)cc1)C(=O)O. The summed E-state index contributed by atoms with van der Waals surface area (Å²) in [4.78, 5) is 10.8. The maximum atomic E-state index is 12.7. The summed E-state index contributed by atoms with van der Waals surface area (Å²) < 4.78 is 12.7. The Morgan fingerprint density at radius 2 is 2.06 bits per heavy atom. The van der Waals surface area contributed by atoms with Crippen molar-refractivity contribution in [2.24, 2.45) is 0 Å². The number of nitrogens with one attached hydrogen (secondary N) is 1. The van der Waals surface area contributed by atoms with Crippen molar-refractivity contribution in [3.05, 3.63) is 47.3 Å². The van der Waals surface area contributed by atoms with Crippen LogP contribution in [0.2, 0.25) is 0 Å². The second-order valence-corrected chi connectivity index (χ2v) is 4.07. The Hall–Kier alpha value is -1.68. The second-order valence-electron chi connectivity index (χ2n) is 4.07. The van der Waals surface area contributed by atoms with Gasteiger partial charge >= 0.3 is 5.97 Å². The Morgan fingerprint density at radius 1 is 1.44 bits per heavy atom. The van der Waals surface area contributed by atoms with Gasteiger partial charge in [-0.05, 0) is 31.0 Å². The Balaban J connectivity index is 2.53. The molecule has 0 bridgehead atoms. The Kier molecular flexibility index (Phi) is 5.52. The minimum atomic E-state index is -0.881. The Bertz CT molecular complexity index is 426. The molecule has 0 aliphatic rings. The van der Waals surface area contributed by atoms with Crippen LogP contribution < -0.4 is 5.32 Å². The van der Waals surface area contributed by atoms with E-state index in [0.29, 0.717) is 18.5 Å². The molecule has 0 saturated heterocycles. The summed E-state index contributed by atoms with van der Waals surface area (Å²) in [6.45, 7) is 4.24. The molecular formula is C14H18FNO2. The van der Waals surface area contributed by atoms with E-state index in [9.17, 15) is 9.18 Å². The van der Waals surface area contributed by atoms with Gasteiger partial charge in [0, 0.05) is 18.2 Å². The van der Waals surface area contributed by atoms with E-state index in [4.69, 9.17) is 5.11 Å². The van der Waals surface area contributed by atoms with Crippen LogP contribution in [0.5, 0.6) is 0 Å². The number of halogens is 1. The van der Waals surface area contributed by atoms with Crippen molar-refractivity contribution in [1.29, 1.82) is 0 Å². The first-order valence-electron chi connectivity index (χ1n) is 5.95. The van der Waals surface area contributed by atoms with Crippen molar-refractivity contribution in [3.63, 3.8) is 0 Å². The first-order chi connectivity index (χ1) is 8.54. The van der Waals surface area contributed by atoms with Gasteiger partial charge in [0.15, 0.2) is 0 Å². The van der Waals surface area contributed by atoms with Gasteiger partial charge in [-0.15, -0.1) is 0 Å². The highest BCUT2D eigenvalue weighted by Gasteiger charge is 2.06. The lowest BCUT2D eigenvalue weighted by atomic mass is 10.1. The fourth-order valence-electron chi connectivity index (χ4n) is 1.61. The average molecular weight is 251 g/mol. The first kappa shape index (κ1) is 14.4. The summed E-state index contributed by atoms with van der Waals surface area (Å²) >= 11 is 0. The number of hydrogen-bond donors (Lipinski definition) is 2. The van der Waals surface area contributed by atoms with Crippen molar-refractivity contribution in [2.75, 3.05) is 6.54 Å². The fraction of sp³-hybridized carbons (Fsp3) is 0.357. The van der Waals surface area contributed by atoms with E-state index in [1.807, 2.05) is 13.8 Å². The molecule has 98 valence electrons. The molecule has 18 heavy (non-hydrogen) atoms. The topological polar surface area (TPSA) is 49.3 Å². The van der Waals surface area contributed by atoms with Crippen LogP contribution >= 0.6 is 0 Å². The van der Waals surface area contributed by atoms with Crippen molar-refractivity contribution in [3.8, 4) is 0 Å². The number of rotatable bonds is 6. The fourth-order valence-corrected chi connectivity index (χ4v) is 1.61. The molecule has 1 aromatic rings. The number of aliphatic carboxylic acids is 1. The van der Waals surface area contributed by atoms with Gasteiger partial charge in [0.05, 0.1) is 0 Å². The molecule has 1 rings (SSSR count). The summed E-state index contributed by atoms with van der Waals surface area (Å²) in [5.41, 5.74) is 1.37. The standard InChI is InChI=1S/C14H18FNO2/c1-3-11(14(17)18)8-9-16-10(2)12-4-6-13(15)7-5-12/h4-8,10,16H,3,9H2,1-2H3,(H,17,18)/b11-8-/t10-/m0/s1. The van der Waals surface area contributed by atoms with Gasteiger partial charge in [0.1, 0.15) is 5.82 Å². The number of hydrogen-bond acceptors (Lipinski definition) is 2. The highest BCUT2D eigenvalue weighted by Crippen LogP contribution is 2.12. The molecule has 4 heteroatoms. The minimum absolute atomic E-state index is 0.0498. The smallest absolute Gasteiger partial charge is 0.331 e. The van der Waals surface area contributed by atoms with Crippen LogP contribution in [0, 0.1) is 5.82 Å². The molecule has 1 atom stereocenters. The van der Waals surface area contributed by atoms with Crippen molar-refractivity contribution < 1.29 is 14.3 Å². The van der Waals surface area contributed by atoms with Crippen molar-refractivity contribution in [1.82, 2.24) is 5.32 Å². The van der Waals surface area contributed by atoms with E-state index in [1.165, 1.54) is 12.1 Å². The van der Waals surface area contributed by atoms with Gasteiger partial charge in [-0.25, -0.2) is 9.18 Å². The molecule has 0 heterocycles. The number of carboxylic acid groups (broad SMARTS) is 1. The third-order valence-electron chi connectivity index (χ3n) is 2.80. The van der Waals surface area contributed by atoms with E-state index in [1.54, 1.807) is 18.2 Å². The normalized spacial score (nSPS) is 13.4. The molecule has 0 aliphatic heterocycles. The molecule has 1 aromatic carbocycles. The molecule has 0 spiro atoms. The zero-order valence-corrected chi connectivity index (χ0v) is 10.6. The van der Waals surface area contributed by atoms with E-state index >= 15 is 0 Å². The summed E-state index contributed by atoms with van der Waals surface area (Å²) in [6.07, 6.45) is 2.17. The summed E-state index contributed by atoms with van der Waals surface area (Å²) in [5, 5.41) is 12.0.